The van der Waals surface area contributed by atoms with Crippen molar-refractivity contribution in [3.63, 3.8) is 0 Å². The van der Waals surface area contributed by atoms with Gasteiger partial charge in [-0.1, -0.05) is 54.1 Å². The number of aromatic nitrogens is 1. The lowest BCUT2D eigenvalue weighted by atomic mass is 10.0. The van der Waals surface area contributed by atoms with Gasteiger partial charge in [-0.3, -0.25) is 4.79 Å². The second kappa shape index (κ2) is 7.08. The Morgan fingerprint density at radius 1 is 0.897 bits per heavy atom. The molecule has 0 bridgehead atoms. The van der Waals surface area contributed by atoms with Crippen molar-refractivity contribution in [1.82, 2.24) is 4.98 Å². The molecule has 5 rings (SSSR count). The Kier molecular flexibility index (Phi) is 4.26. The summed E-state index contributed by atoms with van der Waals surface area (Å²) in [7, 11) is 0. The fraction of sp³-hybridized carbons (Fsp3) is 0. The molecule has 140 valence electrons. The standard InChI is InChI=1S/C24H15ClN2O2/c25-17-11-12-22-21(14-17)27-24(29-22)16-7-3-8-18(13-16)26-23(28)20-10-4-6-15-5-1-2-9-19(15)20/h1-14H,(H,26,28). The second-order valence-corrected chi connectivity index (χ2v) is 7.13. The minimum Gasteiger partial charge on any atom is -0.436 e. The van der Waals surface area contributed by atoms with E-state index in [-0.39, 0.29) is 5.91 Å². The molecule has 5 aromatic rings. The van der Waals surface area contributed by atoms with Crippen molar-refractivity contribution in [2.45, 2.75) is 0 Å². The maximum absolute atomic E-state index is 12.9. The van der Waals surface area contributed by atoms with Crippen molar-refractivity contribution in [2.24, 2.45) is 0 Å². The maximum atomic E-state index is 12.9. The van der Waals surface area contributed by atoms with Crippen LogP contribution in [0, 0.1) is 0 Å². The predicted octanol–water partition coefficient (Wildman–Crippen LogP) is 6.55. The molecule has 0 fully saturated rings. The van der Waals surface area contributed by atoms with Crippen molar-refractivity contribution in [2.75, 3.05) is 5.32 Å². The molecule has 0 aliphatic carbocycles. The van der Waals surface area contributed by atoms with Crippen molar-refractivity contribution in [3.8, 4) is 11.5 Å². The number of nitrogens with one attached hydrogen (secondary N) is 1. The molecular weight excluding hydrogens is 384 g/mol. The molecule has 0 saturated heterocycles. The Bertz CT molecular complexity index is 1370. The van der Waals surface area contributed by atoms with Gasteiger partial charge in [-0.25, -0.2) is 4.98 Å². The third kappa shape index (κ3) is 3.35. The summed E-state index contributed by atoms with van der Waals surface area (Å²) in [4.78, 5) is 17.4. The number of nitrogens with zero attached hydrogens (tertiary/aromatic N) is 1. The van der Waals surface area contributed by atoms with Crippen LogP contribution in [-0.2, 0) is 0 Å². The molecule has 1 amide bonds. The topological polar surface area (TPSA) is 55.1 Å². The fourth-order valence-corrected chi connectivity index (χ4v) is 3.54. The number of rotatable bonds is 3. The Hall–Kier alpha value is -3.63. The van der Waals surface area contributed by atoms with Crippen LogP contribution in [0.5, 0.6) is 0 Å². The molecule has 1 aromatic heterocycles. The number of amides is 1. The molecule has 0 spiro atoms. The molecule has 0 aliphatic heterocycles. The molecule has 0 aliphatic rings. The van der Waals surface area contributed by atoms with E-state index in [1.54, 1.807) is 18.2 Å². The zero-order valence-electron chi connectivity index (χ0n) is 15.2. The average Bonchev–Trinajstić information content (AvgIpc) is 3.17. The third-order valence-electron chi connectivity index (χ3n) is 4.75. The number of anilines is 1. The predicted molar refractivity (Wildman–Crippen MR) is 116 cm³/mol. The molecule has 5 heteroatoms. The van der Waals surface area contributed by atoms with E-state index in [1.807, 2.05) is 66.7 Å². The van der Waals surface area contributed by atoms with E-state index < -0.39 is 0 Å². The number of carbonyl (C=O) groups is 1. The summed E-state index contributed by atoms with van der Waals surface area (Å²) in [6, 6.07) is 26.3. The van der Waals surface area contributed by atoms with Crippen LogP contribution in [0.25, 0.3) is 33.3 Å². The monoisotopic (exact) mass is 398 g/mol. The van der Waals surface area contributed by atoms with Gasteiger partial charge in [-0.05, 0) is 53.2 Å². The molecule has 1 N–H and O–H groups in total. The van der Waals surface area contributed by atoms with E-state index >= 15 is 0 Å². The number of hydrogen-bond donors (Lipinski definition) is 1. The van der Waals surface area contributed by atoms with E-state index in [4.69, 9.17) is 16.0 Å². The van der Waals surface area contributed by atoms with E-state index in [0.29, 0.717) is 33.3 Å². The zero-order chi connectivity index (χ0) is 19.8. The molecule has 29 heavy (non-hydrogen) atoms. The van der Waals surface area contributed by atoms with Gasteiger partial charge in [0, 0.05) is 21.8 Å². The van der Waals surface area contributed by atoms with Crippen LogP contribution in [0.3, 0.4) is 0 Å². The van der Waals surface area contributed by atoms with Crippen molar-refractivity contribution in [1.29, 1.82) is 0 Å². The van der Waals surface area contributed by atoms with Gasteiger partial charge in [0.15, 0.2) is 5.58 Å². The van der Waals surface area contributed by atoms with Gasteiger partial charge in [-0.15, -0.1) is 0 Å². The van der Waals surface area contributed by atoms with Gasteiger partial charge in [0.1, 0.15) is 5.52 Å². The number of oxazole rings is 1. The molecule has 1 heterocycles. The van der Waals surface area contributed by atoms with Crippen molar-refractivity contribution >= 4 is 45.1 Å². The highest BCUT2D eigenvalue weighted by atomic mass is 35.5. The average molecular weight is 399 g/mol. The summed E-state index contributed by atoms with van der Waals surface area (Å²) in [5.74, 6) is 0.312. The van der Waals surface area contributed by atoms with Crippen molar-refractivity contribution in [3.05, 3.63) is 95.5 Å². The quantitative estimate of drug-likeness (QED) is 0.374. The first-order valence-electron chi connectivity index (χ1n) is 9.13. The number of fused-ring (bicyclic) bond motifs is 2. The summed E-state index contributed by atoms with van der Waals surface area (Å²) < 4.78 is 5.83. The molecule has 0 unspecified atom stereocenters. The number of carbonyl (C=O) groups excluding carboxylic acids is 1. The largest absolute Gasteiger partial charge is 0.436 e. The minimum absolute atomic E-state index is 0.164. The molecule has 4 aromatic carbocycles. The van der Waals surface area contributed by atoms with Gasteiger partial charge >= 0.3 is 0 Å². The van der Waals surface area contributed by atoms with Gasteiger partial charge in [0.05, 0.1) is 0 Å². The van der Waals surface area contributed by atoms with E-state index in [2.05, 4.69) is 10.3 Å². The lowest BCUT2D eigenvalue weighted by molar-refractivity contribution is 0.102. The number of hydrogen-bond acceptors (Lipinski definition) is 3. The molecule has 4 nitrogen and oxygen atoms in total. The van der Waals surface area contributed by atoms with Crippen LogP contribution in [0.15, 0.2) is 89.3 Å². The second-order valence-electron chi connectivity index (χ2n) is 6.69. The summed E-state index contributed by atoms with van der Waals surface area (Å²) in [5, 5.41) is 5.52. The lowest BCUT2D eigenvalue weighted by Gasteiger charge is -2.09. The highest BCUT2D eigenvalue weighted by Gasteiger charge is 2.12. The number of halogens is 1. The Labute approximate surface area is 171 Å². The highest BCUT2D eigenvalue weighted by Crippen LogP contribution is 2.28. The molecular formula is C24H15ClN2O2. The third-order valence-corrected chi connectivity index (χ3v) is 4.99. The van der Waals surface area contributed by atoms with Gasteiger partial charge < -0.3 is 9.73 Å². The van der Waals surface area contributed by atoms with Gasteiger partial charge in [0.25, 0.3) is 5.91 Å². The summed E-state index contributed by atoms with van der Waals surface area (Å²) in [6.45, 7) is 0. The first kappa shape index (κ1) is 17.5. The SMILES string of the molecule is O=C(Nc1cccc(-c2nc3cc(Cl)ccc3o2)c1)c1cccc2ccccc12. The lowest BCUT2D eigenvalue weighted by Crippen LogP contribution is -2.12. The van der Waals surface area contributed by atoms with Crippen LogP contribution in [0.2, 0.25) is 5.02 Å². The normalized spacial score (nSPS) is 11.1. The summed E-state index contributed by atoms with van der Waals surface area (Å²) >= 11 is 6.03. The van der Waals surface area contributed by atoms with Crippen LogP contribution < -0.4 is 5.32 Å². The van der Waals surface area contributed by atoms with Crippen LogP contribution in [-0.4, -0.2) is 10.9 Å². The molecule has 0 radical (unpaired) electrons. The Morgan fingerprint density at radius 2 is 1.72 bits per heavy atom. The Balaban J connectivity index is 1.47. The van der Waals surface area contributed by atoms with Crippen LogP contribution >= 0.6 is 11.6 Å². The van der Waals surface area contributed by atoms with E-state index in [0.717, 1.165) is 16.3 Å². The highest BCUT2D eigenvalue weighted by molar-refractivity contribution is 6.31. The first-order valence-corrected chi connectivity index (χ1v) is 9.51. The number of benzene rings is 4. The zero-order valence-corrected chi connectivity index (χ0v) is 16.0. The fourth-order valence-electron chi connectivity index (χ4n) is 3.38. The molecule has 0 saturated carbocycles. The van der Waals surface area contributed by atoms with Crippen LogP contribution in [0.1, 0.15) is 10.4 Å². The smallest absolute Gasteiger partial charge is 0.256 e. The Morgan fingerprint density at radius 3 is 2.66 bits per heavy atom. The summed E-state index contributed by atoms with van der Waals surface area (Å²) in [5.41, 5.74) is 3.42. The summed E-state index contributed by atoms with van der Waals surface area (Å²) in [6.07, 6.45) is 0. The van der Waals surface area contributed by atoms with E-state index in [1.165, 1.54) is 0 Å². The van der Waals surface area contributed by atoms with Crippen molar-refractivity contribution < 1.29 is 9.21 Å². The van der Waals surface area contributed by atoms with Gasteiger partial charge in [-0.2, -0.15) is 0 Å². The van der Waals surface area contributed by atoms with E-state index in [9.17, 15) is 4.79 Å². The van der Waals surface area contributed by atoms with Crippen LogP contribution in [0.4, 0.5) is 5.69 Å². The van der Waals surface area contributed by atoms with Gasteiger partial charge in [0.2, 0.25) is 5.89 Å². The maximum Gasteiger partial charge on any atom is 0.256 e. The first-order chi connectivity index (χ1) is 14.2. The minimum atomic E-state index is -0.164. The molecule has 0 atom stereocenters.